The fourth-order valence-corrected chi connectivity index (χ4v) is 3.76. The zero-order chi connectivity index (χ0) is 19.5. The Morgan fingerprint density at radius 3 is 2.68 bits per heavy atom. The molecule has 140 valence electrons. The Bertz CT molecular complexity index is 1130. The van der Waals surface area contributed by atoms with E-state index in [-0.39, 0.29) is 5.91 Å². The minimum atomic E-state index is -0.185. The third-order valence-corrected chi connectivity index (χ3v) is 5.44. The van der Waals surface area contributed by atoms with Gasteiger partial charge >= 0.3 is 0 Å². The maximum atomic E-state index is 12.8. The number of nitrogens with one attached hydrogen (secondary N) is 1. The van der Waals surface area contributed by atoms with Crippen molar-refractivity contribution in [3.63, 3.8) is 0 Å². The van der Waals surface area contributed by atoms with Gasteiger partial charge in [-0.25, -0.2) is 4.98 Å². The average molecular weight is 389 g/mol. The van der Waals surface area contributed by atoms with Crippen molar-refractivity contribution in [2.45, 2.75) is 20.5 Å². The van der Waals surface area contributed by atoms with Crippen molar-refractivity contribution in [2.75, 3.05) is 5.32 Å². The van der Waals surface area contributed by atoms with Crippen LogP contribution >= 0.6 is 11.3 Å². The molecular weight excluding hydrogens is 370 g/mol. The number of carbonyl (C=O) groups is 1. The number of anilines is 1. The first-order valence-electron chi connectivity index (χ1n) is 8.91. The highest BCUT2D eigenvalue weighted by Crippen LogP contribution is 2.25. The lowest BCUT2D eigenvalue weighted by atomic mass is 10.2. The van der Waals surface area contributed by atoms with E-state index in [1.807, 2.05) is 68.4 Å². The Balaban J connectivity index is 1.49. The number of aromatic nitrogens is 2. The minimum absolute atomic E-state index is 0.185. The maximum Gasteiger partial charge on any atom is 0.267 e. The molecule has 0 aliphatic heterocycles. The maximum absolute atomic E-state index is 12.8. The summed E-state index contributed by atoms with van der Waals surface area (Å²) in [7, 11) is 0. The summed E-state index contributed by atoms with van der Waals surface area (Å²) in [6.45, 7) is 4.20. The third-order valence-electron chi connectivity index (χ3n) is 4.31. The molecule has 0 spiro atoms. The number of nitrogens with zero attached hydrogens (tertiary/aromatic N) is 2. The molecule has 2 aromatic carbocycles. The van der Waals surface area contributed by atoms with E-state index < -0.39 is 0 Å². The second-order valence-electron chi connectivity index (χ2n) is 6.46. The summed E-state index contributed by atoms with van der Waals surface area (Å²) in [4.78, 5) is 22.2. The quantitative estimate of drug-likeness (QED) is 0.513. The molecule has 0 radical (unpaired) electrons. The first-order valence-corrected chi connectivity index (χ1v) is 9.72. The number of amides is 1. The number of para-hydroxylation sites is 1. The van der Waals surface area contributed by atoms with Crippen molar-refractivity contribution in [1.29, 1.82) is 0 Å². The van der Waals surface area contributed by atoms with Gasteiger partial charge in [0.25, 0.3) is 5.91 Å². The van der Waals surface area contributed by atoms with Crippen LogP contribution in [0, 0.1) is 13.8 Å². The van der Waals surface area contributed by atoms with Gasteiger partial charge in [0.2, 0.25) is 0 Å². The Kier molecular flexibility index (Phi) is 5.04. The van der Waals surface area contributed by atoms with Crippen LogP contribution in [-0.4, -0.2) is 15.9 Å². The summed E-state index contributed by atoms with van der Waals surface area (Å²) in [5.74, 6) is 0.598. The van der Waals surface area contributed by atoms with Crippen molar-refractivity contribution in [3.8, 4) is 5.75 Å². The van der Waals surface area contributed by atoms with E-state index in [2.05, 4.69) is 15.3 Å². The SMILES string of the molecule is Cc1ccc(OCc2nc(C)c(C(=O)Nc3cccc4cccnc34)s2)cc1. The van der Waals surface area contributed by atoms with Crippen molar-refractivity contribution < 1.29 is 9.53 Å². The number of hydrogen-bond acceptors (Lipinski definition) is 5. The molecule has 0 bridgehead atoms. The fraction of sp³-hybridized carbons (Fsp3) is 0.136. The number of hydrogen-bond donors (Lipinski definition) is 1. The summed E-state index contributed by atoms with van der Waals surface area (Å²) >= 11 is 1.35. The molecule has 0 unspecified atom stereocenters. The van der Waals surface area contributed by atoms with E-state index in [0.29, 0.717) is 22.9 Å². The second-order valence-corrected chi connectivity index (χ2v) is 7.54. The van der Waals surface area contributed by atoms with Crippen LogP contribution in [0.1, 0.15) is 25.9 Å². The Labute approximate surface area is 167 Å². The fourth-order valence-electron chi connectivity index (χ4n) is 2.89. The van der Waals surface area contributed by atoms with Gasteiger partial charge in [-0.15, -0.1) is 11.3 Å². The van der Waals surface area contributed by atoms with Gasteiger partial charge in [-0.05, 0) is 38.1 Å². The lowest BCUT2D eigenvalue weighted by Crippen LogP contribution is -2.12. The van der Waals surface area contributed by atoms with Gasteiger partial charge in [0, 0.05) is 11.6 Å². The number of thiazole rings is 1. The van der Waals surface area contributed by atoms with Crippen LogP contribution in [0.15, 0.2) is 60.8 Å². The zero-order valence-electron chi connectivity index (χ0n) is 15.6. The van der Waals surface area contributed by atoms with Gasteiger partial charge < -0.3 is 10.1 Å². The molecule has 0 saturated carbocycles. The number of ether oxygens (including phenoxy) is 1. The Morgan fingerprint density at radius 2 is 1.86 bits per heavy atom. The predicted molar refractivity (Wildman–Crippen MR) is 112 cm³/mol. The molecule has 2 aromatic heterocycles. The largest absolute Gasteiger partial charge is 0.486 e. The molecule has 0 saturated heterocycles. The van der Waals surface area contributed by atoms with Crippen LogP contribution in [0.5, 0.6) is 5.75 Å². The zero-order valence-corrected chi connectivity index (χ0v) is 16.4. The highest BCUT2D eigenvalue weighted by molar-refractivity contribution is 7.13. The molecule has 0 fully saturated rings. The smallest absolute Gasteiger partial charge is 0.267 e. The van der Waals surface area contributed by atoms with Crippen LogP contribution in [0.25, 0.3) is 10.9 Å². The van der Waals surface area contributed by atoms with E-state index in [1.54, 1.807) is 6.20 Å². The number of carbonyl (C=O) groups excluding carboxylic acids is 1. The van der Waals surface area contributed by atoms with Gasteiger partial charge in [-0.3, -0.25) is 9.78 Å². The van der Waals surface area contributed by atoms with Gasteiger partial charge in [-0.1, -0.05) is 35.9 Å². The monoisotopic (exact) mass is 389 g/mol. The van der Waals surface area contributed by atoms with E-state index >= 15 is 0 Å². The van der Waals surface area contributed by atoms with Crippen LogP contribution in [0.4, 0.5) is 5.69 Å². The third kappa shape index (κ3) is 3.87. The molecule has 1 amide bonds. The number of aryl methyl sites for hydroxylation is 2. The van der Waals surface area contributed by atoms with Gasteiger partial charge in [0.05, 0.1) is 16.9 Å². The van der Waals surface area contributed by atoms with Crippen LogP contribution in [0.2, 0.25) is 0 Å². The van der Waals surface area contributed by atoms with Crippen molar-refractivity contribution in [3.05, 3.63) is 81.9 Å². The average Bonchev–Trinajstić information content (AvgIpc) is 3.08. The van der Waals surface area contributed by atoms with E-state index in [9.17, 15) is 4.79 Å². The summed E-state index contributed by atoms with van der Waals surface area (Å²) in [5.41, 5.74) is 3.33. The number of benzene rings is 2. The number of pyridine rings is 1. The van der Waals surface area contributed by atoms with Crippen molar-refractivity contribution in [1.82, 2.24) is 9.97 Å². The first kappa shape index (κ1) is 18.1. The molecule has 4 rings (SSSR count). The summed E-state index contributed by atoms with van der Waals surface area (Å²) in [6.07, 6.45) is 1.72. The van der Waals surface area contributed by atoms with E-state index in [1.165, 1.54) is 16.9 Å². The highest BCUT2D eigenvalue weighted by atomic mass is 32.1. The standard InChI is InChI=1S/C22H19N3O2S/c1-14-8-10-17(11-9-14)27-13-19-24-15(2)21(28-19)22(26)25-18-7-3-5-16-6-4-12-23-20(16)18/h3-12H,13H2,1-2H3,(H,25,26). The molecule has 6 heteroatoms. The summed E-state index contributed by atoms with van der Waals surface area (Å²) < 4.78 is 5.78. The summed E-state index contributed by atoms with van der Waals surface area (Å²) in [5, 5.41) is 4.71. The van der Waals surface area contributed by atoms with Gasteiger partial charge in [0.1, 0.15) is 22.2 Å². The summed E-state index contributed by atoms with van der Waals surface area (Å²) in [6, 6.07) is 17.4. The molecule has 1 N–H and O–H groups in total. The number of fused-ring (bicyclic) bond motifs is 1. The predicted octanol–water partition coefficient (Wildman–Crippen LogP) is 5.14. The van der Waals surface area contributed by atoms with Crippen molar-refractivity contribution >= 4 is 33.8 Å². The highest BCUT2D eigenvalue weighted by Gasteiger charge is 2.17. The lowest BCUT2D eigenvalue weighted by molar-refractivity contribution is 0.103. The molecule has 0 atom stereocenters. The minimum Gasteiger partial charge on any atom is -0.486 e. The molecule has 5 nitrogen and oxygen atoms in total. The van der Waals surface area contributed by atoms with E-state index in [4.69, 9.17) is 4.74 Å². The normalized spacial score (nSPS) is 10.8. The molecule has 4 aromatic rings. The lowest BCUT2D eigenvalue weighted by Gasteiger charge is -2.07. The second kappa shape index (κ2) is 7.78. The van der Waals surface area contributed by atoms with Gasteiger partial charge in [-0.2, -0.15) is 0 Å². The first-order chi connectivity index (χ1) is 13.6. The van der Waals surface area contributed by atoms with Gasteiger partial charge in [0.15, 0.2) is 0 Å². The molecule has 0 aliphatic carbocycles. The Morgan fingerprint density at radius 1 is 1.07 bits per heavy atom. The van der Waals surface area contributed by atoms with Crippen LogP contribution in [0.3, 0.4) is 0 Å². The number of rotatable bonds is 5. The molecular formula is C22H19N3O2S. The van der Waals surface area contributed by atoms with Crippen molar-refractivity contribution in [2.24, 2.45) is 0 Å². The van der Waals surface area contributed by atoms with Crippen LogP contribution in [-0.2, 0) is 6.61 Å². The van der Waals surface area contributed by atoms with Crippen LogP contribution < -0.4 is 10.1 Å². The Hall–Kier alpha value is -3.25. The topological polar surface area (TPSA) is 64.1 Å². The van der Waals surface area contributed by atoms with E-state index in [0.717, 1.165) is 21.7 Å². The molecule has 28 heavy (non-hydrogen) atoms. The molecule has 2 heterocycles. The molecule has 0 aliphatic rings.